The number of hydrogen-bond acceptors (Lipinski definition) is 10. The van der Waals surface area contributed by atoms with Crippen LogP contribution in [0.15, 0.2) is 12.7 Å². The highest BCUT2D eigenvalue weighted by atomic mass is 16.5. The molecule has 0 aliphatic carbocycles. The lowest BCUT2D eigenvalue weighted by Gasteiger charge is -2.43. The molecule has 1 fully saturated rings. The van der Waals surface area contributed by atoms with Crippen LogP contribution in [0.5, 0.6) is 0 Å². The zero-order valence-electron chi connectivity index (χ0n) is 14.8. The van der Waals surface area contributed by atoms with Crippen LogP contribution in [0.4, 0.5) is 5.82 Å². The van der Waals surface area contributed by atoms with E-state index in [1.54, 1.807) is 14.0 Å². The van der Waals surface area contributed by atoms with Gasteiger partial charge in [-0.1, -0.05) is 0 Å². The van der Waals surface area contributed by atoms with Crippen LogP contribution >= 0.6 is 0 Å². The fourth-order valence-corrected chi connectivity index (χ4v) is 2.85. The number of aromatic nitrogens is 4. The summed E-state index contributed by atoms with van der Waals surface area (Å²) in [5, 5.41) is 38.8. The first-order valence-electron chi connectivity index (χ1n) is 8.47. The fourth-order valence-electron chi connectivity index (χ4n) is 2.85. The first-order chi connectivity index (χ1) is 13.0. The number of nitrogens with zero attached hydrogens (tertiary/aromatic N) is 3. The van der Waals surface area contributed by atoms with Crippen molar-refractivity contribution in [2.45, 2.75) is 43.5 Å². The lowest BCUT2D eigenvalue weighted by molar-refractivity contribution is -0.185. The van der Waals surface area contributed by atoms with Gasteiger partial charge >= 0.3 is 0 Å². The summed E-state index contributed by atoms with van der Waals surface area (Å²) in [6.07, 6.45) is -2.04. The fraction of sp³-hybridized carbons (Fsp3) is 0.600. The van der Waals surface area contributed by atoms with Gasteiger partial charge in [-0.3, -0.25) is 4.79 Å². The maximum atomic E-state index is 12.1. The summed E-state index contributed by atoms with van der Waals surface area (Å²) < 4.78 is 5.67. The number of amides is 1. The summed E-state index contributed by atoms with van der Waals surface area (Å²) in [6, 6.07) is -1.50. The van der Waals surface area contributed by atoms with Crippen molar-refractivity contribution in [1.29, 1.82) is 0 Å². The third kappa shape index (κ3) is 3.84. The molecular weight excluding hydrogens is 358 g/mol. The Morgan fingerprint density at radius 1 is 1.33 bits per heavy atom. The normalized spacial score (nSPS) is 29.4. The predicted octanol–water partition coefficient (Wildman–Crippen LogP) is -2.70. The number of H-pyrrole nitrogens is 1. The van der Waals surface area contributed by atoms with Crippen molar-refractivity contribution in [3.63, 3.8) is 0 Å². The van der Waals surface area contributed by atoms with Gasteiger partial charge in [0.05, 0.1) is 25.0 Å². The van der Waals surface area contributed by atoms with Gasteiger partial charge in [0.25, 0.3) is 0 Å². The van der Waals surface area contributed by atoms with Gasteiger partial charge in [0.15, 0.2) is 17.7 Å². The van der Waals surface area contributed by atoms with Gasteiger partial charge in [-0.05, 0) is 14.0 Å². The van der Waals surface area contributed by atoms with E-state index in [1.165, 1.54) is 12.7 Å². The van der Waals surface area contributed by atoms with Gasteiger partial charge in [-0.15, -0.1) is 0 Å². The molecule has 0 aromatic carbocycles. The summed E-state index contributed by atoms with van der Waals surface area (Å²) in [5.41, 5.74) is 0.921. The number of aliphatic hydroxyl groups excluding tert-OH is 3. The number of rotatable bonds is 6. The van der Waals surface area contributed by atoms with Crippen LogP contribution in [0.2, 0.25) is 0 Å². The molecule has 148 valence electrons. The first-order valence-corrected chi connectivity index (χ1v) is 8.47. The third-order valence-electron chi connectivity index (χ3n) is 4.57. The van der Waals surface area contributed by atoms with Crippen molar-refractivity contribution >= 4 is 22.9 Å². The lowest BCUT2D eigenvalue weighted by atomic mass is 9.95. The van der Waals surface area contributed by atoms with Crippen LogP contribution in [-0.4, -0.2) is 91.4 Å². The minimum Gasteiger partial charge on any atom is -0.394 e. The van der Waals surface area contributed by atoms with E-state index in [9.17, 15) is 20.1 Å². The average Bonchev–Trinajstić information content (AvgIpc) is 3.16. The van der Waals surface area contributed by atoms with Gasteiger partial charge in [0.2, 0.25) is 5.91 Å². The second-order valence-electron chi connectivity index (χ2n) is 6.27. The Labute approximate surface area is 154 Å². The monoisotopic (exact) mass is 381 g/mol. The van der Waals surface area contributed by atoms with Gasteiger partial charge in [0, 0.05) is 0 Å². The molecule has 27 heavy (non-hydrogen) atoms. The van der Waals surface area contributed by atoms with E-state index in [0.717, 1.165) is 0 Å². The van der Waals surface area contributed by atoms with Crippen molar-refractivity contribution in [3.8, 4) is 0 Å². The van der Waals surface area contributed by atoms with Crippen LogP contribution in [-0.2, 0) is 9.53 Å². The lowest BCUT2D eigenvalue weighted by Crippen LogP contribution is -2.66. The summed E-state index contributed by atoms with van der Waals surface area (Å²) >= 11 is 0. The number of fused-ring (bicyclic) bond motifs is 1. The molecule has 3 rings (SSSR count). The van der Waals surface area contributed by atoms with E-state index in [-0.39, 0.29) is 0 Å². The molecule has 0 saturated carbocycles. The van der Waals surface area contributed by atoms with Gasteiger partial charge < -0.3 is 41.0 Å². The van der Waals surface area contributed by atoms with E-state index < -0.39 is 49.1 Å². The van der Waals surface area contributed by atoms with Crippen molar-refractivity contribution in [2.75, 3.05) is 19.0 Å². The molecule has 1 saturated heterocycles. The summed E-state index contributed by atoms with van der Waals surface area (Å²) in [4.78, 5) is 27.1. The highest BCUT2D eigenvalue weighted by Gasteiger charge is 2.45. The Morgan fingerprint density at radius 3 is 2.81 bits per heavy atom. The van der Waals surface area contributed by atoms with E-state index >= 15 is 0 Å². The number of carbonyl (C=O) groups is 1. The SMILES string of the molecule is CN[C@@H](C)C(=O)N[C@@H]1[C@@H](O)[C@H](O)[C@@H](Nc2ncnc3nc[nH]c23)O[C@H]1CO. The number of likely N-dealkylation sites (N-methyl/N-ethyl adjacent to an activating group) is 1. The molecule has 6 atom stereocenters. The highest BCUT2D eigenvalue weighted by Crippen LogP contribution is 2.24. The van der Waals surface area contributed by atoms with Gasteiger partial charge in [-0.25, -0.2) is 15.0 Å². The van der Waals surface area contributed by atoms with E-state index in [1.807, 2.05) is 0 Å². The topological polar surface area (TPSA) is 178 Å². The van der Waals surface area contributed by atoms with Crippen LogP contribution in [0.3, 0.4) is 0 Å². The summed E-state index contributed by atoms with van der Waals surface area (Å²) in [7, 11) is 1.62. The number of nitrogens with one attached hydrogen (secondary N) is 4. The second-order valence-corrected chi connectivity index (χ2v) is 6.27. The van der Waals surface area contributed by atoms with Crippen LogP contribution in [0.1, 0.15) is 6.92 Å². The number of ether oxygens (including phenoxy) is 1. The predicted molar refractivity (Wildman–Crippen MR) is 93.5 cm³/mol. The van der Waals surface area contributed by atoms with E-state index in [0.29, 0.717) is 17.0 Å². The molecular formula is C15H23N7O5. The number of aromatic amines is 1. The zero-order valence-corrected chi connectivity index (χ0v) is 14.8. The standard InChI is InChI=1S/C15H23N7O5/c1-6(16-2)14(26)21-8-7(3-23)27-15(11(25)10(8)24)22-13-9-12(18-4-17-9)19-5-20-13/h4-8,10-11,15-16,23-25H,3H2,1-2H3,(H,21,26)(H2,17,18,19,20,22)/t6-,7-,8-,10+,11-,15-/m0/s1. The quantitative estimate of drug-likeness (QED) is 0.278. The maximum absolute atomic E-state index is 12.1. The Hall–Kier alpha value is -2.38. The van der Waals surface area contributed by atoms with Crippen LogP contribution < -0.4 is 16.0 Å². The number of hydrogen-bond donors (Lipinski definition) is 7. The molecule has 2 aromatic rings. The molecule has 12 nitrogen and oxygen atoms in total. The maximum Gasteiger partial charge on any atom is 0.237 e. The molecule has 0 radical (unpaired) electrons. The molecule has 1 aliphatic rings. The largest absolute Gasteiger partial charge is 0.394 e. The molecule has 3 heterocycles. The van der Waals surface area contributed by atoms with E-state index in [2.05, 4.69) is 35.9 Å². The molecule has 0 spiro atoms. The first kappa shape index (κ1) is 19.4. The average molecular weight is 381 g/mol. The number of anilines is 1. The number of imidazole rings is 1. The Bertz CT molecular complexity index is 785. The van der Waals surface area contributed by atoms with Gasteiger partial charge in [-0.2, -0.15) is 0 Å². The second kappa shape index (κ2) is 8.10. The molecule has 12 heteroatoms. The van der Waals surface area contributed by atoms with Crippen LogP contribution in [0.25, 0.3) is 11.2 Å². The summed E-state index contributed by atoms with van der Waals surface area (Å²) in [6.45, 7) is 1.18. The van der Waals surface area contributed by atoms with Crippen LogP contribution in [0, 0.1) is 0 Å². The molecule has 1 amide bonds. The molecule has 0 bridgehead atoms. The minimum absolute atomic E-state index is 0.316. The molecule has 7 N–H and O–H groups in total. The Balaban J connectivity index is 1.76. The van der Waals surface area contributed by atoms with Crippen molar-refractivity contribution < 1.29 is 24.9 Å². The number of aliphatic hydroxyl groups is 3. The Morgan fingerprint density at radius 2 is 2.11 bits per heavy atom. The van der Waals surface area contributed by atoms with Crippen molar-refractivity contribution in [3.05, 3.63) is 12.7 Å². The van der Waals surface area contributed by atoms with Gasteiger partial charge in [0.1, 0.15) is 30.2 Å². The zero-order chi connectivity index (χ0) is 19.6. The smallest absolute Gasteiger partial charge is 0.237 e. The van der Waals surface area contributed by atoms with Crippen molar-refractivity contribution in [2.24, 2.45) is 0 Å². The third-order valence-corrected chi connectivity index (χ3v) is 4.57. The minimum atomic E-state index is -1.39. The van der Waals surface area contributed by atoms with E-state index in [4.69, 9.17) is 4.74 Å². The van der Waals surface area contributed by atoms with Crippen molar-refractivity contribution in [1.82, 2.24) is 30.6 Å². The highest BCUT2D eigenvalue weighted by molar-refractivity contribution is 5.82. The molecule has 0 unspecified atom stereocenters. The number of carbonyl (C=O) groups excluding carboxylic acids is 1. The molecule has 2 aromatic heterocycles. The molecule has 1 aliphatic heterocycles. The summed E-state index contributed by atoms with van der Waals surface area (Å²) in [5.74, 6) is -0.0751. The Kier molecular flexibility index (Phi) is 5.82.